The van der Waals surface area contributed by atoms with Crippen LogP contribution in [-0.4, -0.2) is 32.4 Å². The maximum Gasteiger partial charge on any atom is 0.480 e. The first kappa shape index (κ1) is 24.7. The van der Waals surface area contributed by atoms with Crippen molar-refractivity contribution in [1.82, 2.24) is 4.57 Å². The highest BCUT2D eigenvalue weighted by Gasteiger charge is 2.46. The van der Waals surface area contributed by atoms with Gasteiger partial charge in [0.15, 0.2) is 20.0 Å². The van der Waals surface area contributed by atoms with Crippen LogP contribution in [-0.2, 0) is 33.6 Å². The van der Waals surface area contributed by atoms with Crippen LogP contribution in [0, 0.1) is 5.92 Å². The van der Waals surface area contributed by atoms with Gasteiger partial charge in [0.05, 0.1) is 13.6 Å². The molecule has 0 unspecified atom stereocenters. The zero-order valence-electron chi connectivity index (χ0n) is 14.6. The molecule has 0 amide bonds. The number of alkyl halides is 6. The maximum atomic E-state index is 11.4. The van der Waals surface area contributed by atoms with E-state index in [0.717, 1.165) is 10.0 Å². The molecule has 1 saturated carbocycles. The fourth-order valence-electron chi connectivity index (χ4n) is 2.49. The van der Waals surface area contributed by atoms with Crippen molar-refractivity contribution in [3.8, 4) is 0 Å². The minimum atomic E-state index is -6.72. The van der Waals surface area contributed by atoms with E-state index in [-0.39, 0.29) is 0 Å². The number of hydrogen-bond acceptors (Lipinski definition) is 4. The lowest BCUT2D eigenvalue weighted by molar-refractivity contribution is -0.671. The highest BCUT2D eigenvalue weighted by Crippen LogP contribution is 2.36. The SMILES string of the molecule is C[n+]1ccn(CC2CCCCC2)c1.O=S(=O)([N-]S(=O)(=O)C(F)(F)F)C(F)(F)F. The minimum Gasteiger partial charge on any atom is -0.421 e. The van der Waals surface area contributed by atoms with Gasteiger partial charge in [-0.25, -0.2) is 26.0 Å². The maximum absolute atomic E-state index is 11.4. The van der Waals surface area contributed by atoms with Gasteiger partial charge in [-0.1, -0.05) is 19.3 Å². The second-order valence-electron chi connectivity index (χ2n) is 6.20. The topological polar surface area (TPSA) is 91.2 Å². The normalized spacial score (nSPS) is 17.1. The van der Waals surface area contributed by atoms with Gasteiger partial charge in [-0.2, -0.15) is 26.3 Å². The van der Waals surface area contributed by atoms with E-state index in [4.69, 9.17) is 0 Å². The molecular formula is C13H19F6N3O4S2. The highest BCUT2D eigenvalue weighted by atomic mass is 32.3. The third-order valence-electron chi connectivity index (χ3n) is 3.80. The van der Waals surface area contributed by atoms with Crippen molar-refractivity contribution < 1.29 is 47.7 Å². The molecule has 0 aliphatic heterocycles. The van der Waals surface area contributed by atoms with Crippen molar-refractivity contribution in [3.05, 3.63) is 22.8 Å². The molecule has 0 aromatic carbocycles. The lowest BCUT2D eigenvalue weighted by Gasteiger charge is -2.22. The van der Waals surface area contributed by atoms with Crippen LogP contribution in [0.1, 0.15) is 32.1 Å². The number of aryl methyl sites for hydroxylation is 1. The Kier molecular flexibility index (Phi) is 7.92. The molecule has 2 rings (SSSR count). The molecule has 0 bridgehead atoms. The predicted octanol–water partition coefficient (Wildman–Crippen LogP) is 2.95. The van der Waals surface area contributed by atoms with Crippen LogP contribution >= 0.6 is 0 Å². The second-order valence-corrected chi connectivity index (χ2v) is 9.62. The highest BCUT2D eigenvalue weighted by molar-refractivity contribution is 8.13. The Morgan fingerprint density at radius 2 is 1.43 bits per heavy atom. The van der Waals surface area contributed by atoms with Crippen molar-refractivity contribution in [1.29, 1.82) is 0 Å². The molecule has 0 atom stereocenters. The summed E-state index contributed by atoms with van der Waals surface area (Å²) in [5.41, 5.74) is -12.4. The third-order valence-corrected chi connectivity index (χ3v) is 6.54. The fourth-order valence-corrected chi connectivity index (χ4v) is 4.20. The summed E-state index contributed by atoms with van der Waals surface area (Å²) in [6, 6.07) is 0. The molecule has 0 N–H and O–H groups in total. The smallest absolute Gasteiger partial charge is 0.421 e. The Bertz CT molecular complexity index is 798. The lowest BCUT2D eigenvalue weighted by Crippen LogP contribution is -2.30. The molecule has 1 aliphatic rings. The van der Waals surface area contributed by atoms with E-state index in [0.29, 0.717) is 0 Å². The van der Waals surface area contributed by atoms with Crippen molar-refractivity contribution in [3.63, 3.8) is 0 Å². The van der Waals surface area contributed by atoms with E-state index in [1.165, 1.54) is 38.6 Å². The Balaban J connectivity index is 0.000000281. The van der Waals surface area contributed by atoms with Crippen LogP contribution in [0.4, 0.5) is 26.3 Å². The summed E-state index contributed by atoms with van der Waals surface area (Å²) >= 11 is 0. The molecule has 1 fully saturated rings. The van der Waals surface area contributed by atoms with E-state index in [2.05, 4.69) is 34.9 Å². The van der Waals surface area contributed by atoms with Gasteiger partial charge in [0.2, 0.25) is 6.33 Å². The van der Waals surface area contributed by atoms with E-state index < -0.39 is 31.1 Å². The van der Waals surface area contributed by atoms with E-state index >= 15 is 0 Å². The summed E-state index contributed by atoms with van der Waals surface area (Å²) in [7, 11) is -11.4. The zero-order valence-corrected chi connectivity index (χ0v) is 16.2. The summed E-state index contributed by atoms with van der Waals surface area (Å²) in [6.45, 7) is 1.22. The predicted molar refractivity (Wildman–Crippen MR) is 85.5 cm³/mol. The van der Waals surface area contributed by atoms with Crippen LogP contribution in [0.3, 0.4) is 0 Å². The molecule has 1 aromatic heterocycles. The molecule has 0 radical (unpaired) electrons. The van der Waals surface area contributed by atoms with E-state index in [1.807, 2.05) is 0 Å². The molecule has 1 heterocycles. The van der Waals surface area contributed by atoms with Gasteiger partial charge < -0.3 is 4.13 Å². The van der Waals surface area contributed by atoms with E-state index in [1.54, 1.807) is 0 Å². The Morgan fingerprint density at radius 1 is 0.964 bits per heavy atom. The van der Waals surface area contributed by atoms with E-state index in [9.17, 15) is 43.2 Å². The Labute approximate surface area is 158 Å². The number of rotatable bonds is 4. The Hall–Kier alpha value is -1.35. The molecule has 28 heavy (non-hydrogen) atoms. The molecule has 0 saturated heterocycles. The molecule has 164 valence electrons. The fraction of sp³-hybridized carbons (Fsp3) is 0.769. The van der Waals surface area contributed by atoms with Crippen LogP contribution in [0.25, 0.3) is 4.13 Å². The number of imidazole rings is 1. The van der Waals surface area contributed by atoms with Gasteiger partial charge in [-0.3, -0.25) is 0 Å². The van der Waals surface area contributed by atoms with Gasteiger partial charge in [0.25, 0.3) is 0 Å². The largest absolute Gasteiger partial charge is 0.480 e. The summed E-state index contributed by atoms with van der Waals surface area (Å²) in [5.74, 6) is 0.932. The van der Waals surface area contributed by atoms with Crippen LogP contribution < -0.4 is 4.57 Å². The molecule has 15 heteroatoms. The number of sulfonamides is 2. The first-order valence-corrected chi connectivity index (χ1v) is 10.8. The summed E-state index contributed by atoms with van der Waals surface area (Å²) in [6.07, 6.45) is 13.7. The number of halogens is 6. The van der Waals surface area contributed by atoms with Crippen molar-refractivity contribution in [2.24, 2.45) is 13.0 Å². The molecule has 1 aliphatic carbocycles. The van der Waals surface area contributed by atoms with Crippen LogP contribution in [0.2, 0.25) is 0 Å². The summed E-state index contributed by atoms with van der Waals surface area (Å²) < 4.78 is 114. The van der Waals surface area contributed by atoms with Crippen LogP contribution in [0.15, 0.2) is 18.7 Å². The van der Waals surface area contributed by atoms with Crippen molar-refractivity contribution in [2.45, 2.75) is 49.7 Å². The molecule has 7 nitrogen and oxygen atoms in total. The van der Waals surface area contributed by atoms with Gasteiger partial charge in [0.1, 0.15) is 12.4 Å². The molecular weight excluding hydrogens is 440 g/mol. The minimum absolute atomic E-state index is 0.778. The number of hydrogen-bond donors (Lipinski definition) is 0. The average Bonchev–Trinajstić information content (AvgIpc) is 2.91. The quantitative estimate of drug-likeness (QED) is 0.511. The first-order chi connectivity index (χ1) is 12.6. The standard InChI is InChI=1S/C11H19N2.C2F6NO4S2/c1-12-7-8-13(10-12)9-11-5-3-2-4-6-11;3-1(4,5)14(10,11)9-15(12,13)2(6,7)8/h7-8,10-11H,2-6,9H2,1H3;/q+1;-1. The summed E-state index contributed by atoms with van der Waals surface area (Å²) in [4.78, 5) is 0. The summed E-state index contributed by atoms with van der Waals surface area (Å²) in [5, 5.41) is 0. The monoisotopic (exact) mass is 459 g/mol. The number of nitrogens with zero attached hydrogens (tertiary/aromatic N) is 3. The van der Waals surface area contributed by atoms with Gasteiger partial charge in [-0.05, 0) is 18.8 Å². The first-order valence-electron chi connectivity index (χ1n) is 7.93. The lowest BCUT2D eigenvalue weighted by atomic mass is 9.89. The van der Waals surface area contributed by atoms with Crippen molar-refractivity contribution >= 4 is 20.0 Å². The average molecular weight is 459 g/mol. The Morgan fingerprint density at radius 3 is 1.79 bits per heavy atom. The second kappa shape index (κ2) is 8.98. The van der Waals surface area contributed by atoms with Gasteiger partial charge in [-0.15, -0.1) is 0 Å². The van der Waals surface area contributed by atoms with Crippen molar-refractivity contribution in [2.75, 3.05) is 0 Å². The third kappa shape index (κ3) is 7.24. The molecule has 0 spiro atoms. The van der Waals surface area contributed by atoms with Crippen LogP contribution in [0.5, 0.6) is 0 Å². The van der Waals surface area contributed by atoms with Gasteiger partial charge in [0, 0.05) is 0 Å². The number of aromatic nitrogens is 2. The zero-order chi connectivity index (χ0) is 21.8. The van der Waals surface area contributed by atoms with Gasteiger partial charge >= 0.3 is 11.0 Å². The molecule has 1 aromatic rings.